The average molecular weight is 373 g/mol. The summed E-state index contributed by atoms with van der Waals surface area (Å²) in [7, 11) is -3.95. The first-order valence-corrected chi connectivity index (χ1v) is 8.97. The van der Waals surface area contributed by atoms with Gasteiger partial charge in [0.1, 0.15) is 6.33 Å². The normalized spacial score (nSPS) is 11.3. The van der Waals surface area contributed by atoms with Gasteiger partial charge in [0.2, 0.25) is 0 Å². The summed E-state index contributed by atoms with van der Waals surface area (Å²) in [4.78, 5) is 11.1. The molecule has 10 heteroatoms. The smallest absolute Gasteiger partial charge is 0.335 e. The van der Waals surface area contributed by atoms with Crippen molar-refractivity contribution in [1.82, 2.24) is 20.2 Å². The van der Waals surface area contributed by atoms with E-state index in [0.29, 0.717) is 22.5 Å². The Labute approximate surface area is 149 Å². The van der Waals surface area contributed by atoms with E-state index in [2.05, 4.69) is 20.2 Å². The highest BCUT2D eigenvalue weighted by Crippen LogP contribution is 2.24. The molecule has 0 saturated carbocycles. The van der Waals surface area contributed by atoms with Crippen LogP contribution in [-0.2, 0) is 10.0 Å². The van der Waals surface area contributed by atoms with Crippen molar-refractivity contribution in [2.45, 2.75) is 18.7 Å². The molecule has 0 aliphatic rings. The molecule has 0 aliphatic carbocycles. The fraction of sp³-hybridized carbons (Fsp3) is 0.125. The monoisotopic (exact) mass is 373 g/mol. The van der Waals surface area contributed by atoms with Crippen molar-refractivity contribution in [3.8, 4) is 5.69 Å². The first-order chi connectivity index (χ1) is 12.3. The lowest BCUT2D eigenvalue weighted by Gasteiger charge is -2.13. The fourth-order valence-corrected chi connectivity index (χ4v) is 3.80. The van der Waals surface area contributed by atoms with E-state index in [-0.39, 0.29) is 10.5 Å². The zero-order valence-corrected chi connectivity index (χ0v) is 14.7. The third kappa shape index (κ3) is 3.40. The molecule has 0 radical (unpaired) electrons. The number of aryl methyl sites for hydroxylation is 1. The van der Waals surface area contributed by atoms with Crippen LogP contribution in [-0.4, -0.2) is 39.7 Å². The van der Waals surface area contributed by atoms with E-state index in [4.69, 9.17) is 5.11 Å². The molecule has 3 aromatic rings. The minimum atomic E-state index is -3.95. The largest absolute Gasteiger partial charge is 0.478 e. The number of aromatic carboxylic acids is 1. The maximum absolute atomic E-state index is 12.7. The number of carbonyl (C=O) groups is 1. The Hall–Kier alpha value is -3.27. The molecule has 134 valence electrons. The Morgan fingerprint density at radius 2 is 1.85 bits per heavy atom. The molecule has 2 aromatic carbocycles. The number of hydrogen-bond acceptors (Lipinski definition) is 6. The number of sulfonamides is 1. The average Bonchev–Trinajstić information content (AvgIpc) is 3.11. The summed E-state index contributed by atoms with van der Waals surface area (Å²) >= 11 is 0. The molecule has 0 amide bonds. The third-order valence-electron chi connectivity index (χ3n) is 3.89. The second kappa shape index (κ2) is 6.56. The highest BCUT2D eigenvalue weighted by Gasteiger charge is 2.21. The lowest BCUT2D eigenvalue weighted by atomic mass is 10.1. The predicted molar refractivity (Wildman–Crippen MR) is 92.8 cm³/mol. The molecule has 1 heterocycles. The Morgan fingerprint density at radius 3 is 2.42 bits per heavy atom. The quantitative estimate of drug-likeness (QED) is 0.698. The van der Waals surface area contributed by atoms with Crippen molar-refractivity contribution >= 4 is 21.7 Å². The second-order valence-corrected chi connectivity index (χ2v) is 7.28. The van der Waals surface area contributed by atoms with Crippen LogP contribution in [0.15, 0.2) is 47.6 Å². The van der Waals surface area contributed by atoms with E-state index >= 15 is 0 Å². The van der Waals surface area contributed by atoms with Crippen LogP contribution >= 0.6 is 0 Å². The zero-order chi connectivity index (χ0) is 18.9. The summed E-state index contributed by atoms with van der Waals surface area (Å²) in [5.41, 5.74) is 1.99. The van der Waals surface area contributed by atoms with Gasteiger partial charge in [0.15, 0.2) is 0 Å². The molecule has 0 atom stereocenters. The number of benzene rings is 2. The van der Waals surface area contributed by atoms with Gasteiger partial charge in [0, 0.05) is 5.69 Å². The number of aromatic nitrogens is 4. The number of anilines is 1. The number of nitrogens with zero attached hydrogens (tertiary/aromatic N) is 4. The van der Waals surface area contributed by atoms with Crippen molar-refractivity contribution in [2.75, 3.05) is 4.72 Å². The molecule has 0 fully saturated rings. The van der Waals surface area contributed by atoms with Gasteiger partial charge in [-0.1, -0.05) is 0 Å². The molecular formula is C16H15N5O4S. The molecule has 9 nitrogen and oxygen atoms in total. The van der Waals surface area contributed by atoms with Gasteiger partial charge in [-0.3, -0.25) is 4.72 Å². The van der Waals surface area contributed by atoms with Crippen molar-refractivity contribution < 1.29 is 18.3 Å². The Kier molecular flexibility index (Phi) is 4.43. The van der Waals surface area contributed by atoms with Crippen LogP contribution in [0.5, 0.6) is 0 Å². The fourth-order valence-electron chi connectivity index (χ4n) is 2.40. The van der Waals surface area contributed by atoms with E-state index in [9.17, 15) is 13.2 Å². The molecule has 0 spiro atoms. The number of carboxylic acid groups (broad SMARTS) is 1. The van der Waals surface area contributed by atoms with E-state index < -0.39 is 16.0 Å². The second-order valence-electron chi connectivity index (χ2n) is 5.63. The molecular weight excluding hydrogens is 358 g/mol. The van der Waals surface area contributed by atoms with Gasteiger partial charge in [-0.25, -0.2) is 17.9 Å². The number of rotatable bonds is 5. The summed E-state index contributed by atoms with van der Waals surface area (Å²) in [5.74, 6) is -1.18. The summed E-state index contributed by atoms with van der Waals surface area (Å²) < 4.78 is 29.3. The summed E-state index contributed by atoms with van der Waals surface area (Å²) in [6, 6.07) is 9.04. The first kappa shape index (κ1) is 17.5. The van der Waals surface area contributed by atoms with E-state index in [1.165, 1.54) is 17.1 Å². The molecule has 0 unspecified atom stereocenters. The Morgan fingerprint density at radius 1 is 1.15 bits per heavy atom. The van der Waals surface area contributed by atoms with Gasteiger partial charge >= 0.3 is 5.97 Å². The summed E-state index contributed by atoms with van der Waals surface area (Å²) in [6.07, 6.45) is 1.42. The van der Waals surface area contributed by atoms with E-state index in [0.717, 1.165) is 6.07 Å². The predicted octanol–water partition coefficient (Wildman–Crippen LogP) is 1.78. The van der Waals surface area contributed by atoms with Crippen molar-refractivity contribution in [2.24, 2.45) is 0 Å². The van der Waals surface area contributed by atoms with Gasteiger partial charge in [-0.05, 0) is 71.8 Å². The lowest BCUT2D eigenvalue weighted by molar-refractivity contribution is 0.0696. The minimum Gasteiger partial charge on any atom is -0.478 e. The molecule has 0 bridgehead atoms. The van der Waals surface area contributed by atoms with Crippen LogP contribution in [0.25, 0.3) is 5.69 Å². The topological polar surface area (TPSA) is 127 Å². The molecule has 26 heavy (non-hydrogen) atoms. The first-order valence-electron chi connectivity index (χ1n) is 7.49. The highest BCUT2D eigenvalue weighted by molar-refractivity contribution is 7.92. The molecule has 3 rings (SSSR count). The Bertz CT molecular complexity index is 1060. The number of nitrogens with one attached hydrogen (secondary N) is 1. The molecule has 2 N–H and O–H groups in total. The standard InChI is InChI=1S/C16H15N5O4S/c1-10-7-12(16(22)23)8-15(11(10)2)26(24,25)18-13-3-5-14(6-4-13)21-9-17-19-20-21/h3-9,18H,1-2H3,(H,22,23). The van der Waals surface area contributed by atoms with Crippen molar-refractivity contribution in [3.63, 3.8) is 0 Å². The summed E-state index contributed by atoms with van der Waals surface area (Å²) in [6.45, 7) is 3.30. The van der Waals surface area contributed by atoms with Crippen LogP contribution < -0.4 is 4.72 Å². The SMILES string of the molecule is Cc1cc(C(=O)O)cc(S(=O)(=O)Nc2ccc(-n3cnnn3)cc2)c1C. The zero-order valence-electron chi connectivity index (χ0n) is 13.9. The van der Waals surface area contributed by atoms with Crippen LogP contribution in [0.4, 0.5) is 5.69 Å². The van der Waals surface area contributed by atoms with E-state index in [1.54, 1.807) is 38.1 Å². The van der Waals surface area contributed by atoms with Gasteiger partial charge < -0.3 is 5.11 Å². The van der Waals surface area contributed by atoms with Crippen molar-refractivity contribution in [3.05, 3.63) is 59.4 Å². The van der Waals surface area contributed by atoms with Gasteiger partial charge in [-0.2, -0.15) is 0 Å². The minimum absolute atomic E-state index is 0.0700. The van der Waals surface area contributed by atoms with Gasteiger partial charge in [-0.15, -0.1) is 5.10 Å². The van der Waals surface area contributed by atoms with Gasteiger partial charge in [0.05, 0.1) is 16.1 Å². The number of carboxylic acids is 1. The lowest BCUT2D eigenvalue weighted by Crippen LogP contribution is -2.16. The Balaban J connectivity index is 1.93. The molecule has 0 aliphatic heterocycles. The molecule has 0 saturated heterocycles. The van der Waals surface area contributed by atoms with Crippen molar-refractivity contribution in [1.29, 1.82) is 0 Å². The van der Waals surface area contributed by atoms with Crippen LogP contribution in [0.1, 0.15) is 21.5 Å². The van der Waals surface area contributed by atoms with Crippen LogP contribution in [0, 0.1) is 13.8 Å². The third-order valence-corrected chi connectivity index (χ3v) is 5.40. The number of tetrazole rings is 1. The maximum atomic E-state index is 12.7. The van der Waals surface area contributed by atoms with E-state index in [1.807, 2.05) is 0 Å². The maximum Gasteiger partial charge on any atom is 0.335 e. The van der Waals surface area contributed by atoms with Gasteiger partial charge in [0.25, 0.3) is 10.0 Å². The molecule has 1 aromatic heterocycles. The summed E-state index contributed by atoms with van der Waals surface area (Å²) in [5, 5.41) is 20.0. The van der Waals surface area contributed by atoms with Crippen LogP contribution in [0.3, 0.4) is 0 Å². The van der Waals surface area contributed by atoms with Crippen LogP contribution in [0.2, 0.25) is 0 Å². The number of hydrogen-bond donors (Lipinski definition) is 2. The highest BCUT2D eigenvalue weighted by atomic mass is 32.2.